The van der Waals surface area contributed by atoms with E-state index in [0.29, 0.717) is 12.2 Å². The van der Waals surface area contributed by atoms with Crippen molar-refractivity contribution in [2.24, 2.45) is 0 Å². The Morgan fingerprint density at radius 2 is 1.95 bits per heavy atom. The molecule has 2 aromatic rings. The topological polar surface area (TPSA) is 84.2 Å². The number of nitrogens with one attached hydrogen (secondary N) is 2. The summed E-state index contributed by atoms with van der Waals surface area (Å²) in [5, 5.41) is 3.18. The normalized spacial score (nSPS) is 11.5. The largest absolute Gasteiger partial charge is 0.431 e. The minimum atomic E-state index is -3.66. The summed E-state index contributed by atoms with van der Waals surface area (Å²) in [6.45, 7) is 5.31. The molecule has 0 aliphatic rings. The van der Waals surface area contributed by atoms with Crippen LogP contribution in [-0.2, 0) is 16.6 Å². The highest BCUT2D eigenvalue weighted by Crippen LogP contribution is 2.16. The lowest BCUT2D eigenvalue weighted by Gasteiger charge is -2.06. The Labute approximate surface area is 118 Å². The van der Waals surface area contributed by atoms with Crippen molar-refractivity contribution in [2.75, 3.05) is 11.3 Å². The first-order valence-electron chi connectivity index (χ1n) is 6.26. The molecule has 108 valence electrons. The number of hydrogen-bond donors (Lipinski definition) is 2. The van der Waals surface area contributed by atoms with Crippen LogP contribution in [0.1, 0.15) is 18.2 Å². The van der Waals surface area contributed by atoms with Crippen molar-refractivity contribution in [1.82, 2.24) is 10.3 Å². The lowest BCUT2D eigenvalue weighted by molar-refractivity contribution is 0.569. The molecule has 1 aromatic carbocycles. The molecule has 6 nitrogen and oxygen atoms in total. The van der Waals surface area contributed by atoms with Gasteiger partial charge in [-0.15, -0.1) is 0 Å². The highest BCUT2D eigenvalue weighted by molar-refractivity contribution is 7.92. The maximum absolute atomic E-state index is 12.1. The fourth-order valence-corrected chi connectivity index (χ4v) is 2.57. The van der Waals surface area contributed by atoms with Crippen molar-refractivity contribution >= 4 is 16.0 Å². The second kappa shape index (κ2) is 6.06. The molecule has 1 heterocycles. The summed E-state index contributed by atoms with van der Waals surface area (Å²) in [5.41, 5.74) is 1.64. The molecule has 2 rings (SSSR count). The van der Waals surface area contributed by atoms with Crippen molar-refractivity contribution in [2.45, 2.75) is 25.3 Å². The van der Waals surface area contributed by atoms with E-state index in [4.69, 9.17) is 4.42 Å². The second-order valence-corrected chi connectivity index (χ2v) is 6.01. The fourth-order valence-electron chi connectivity index (χ4n) is 1.63. The summed E-state index contributed by atoms with van der Waals surface area (Å²) >= 11 is 0. The minimum Gasteiger partial charge on any atom is -0.431 e. The van der Waals surface area contributed by atoms with Crippen molar-refractivity contribution in [1.29, 1.82) is 0 Å². The number of aromatic nitrogens is 1. The number of rotatable bonds is 6. The molecular formula is C13H17N3O3S. The van der Waals surface area contributed by atoms with E-state index in [1.807, 2.05) is 6.92 Å². The van der Waals surface area contributed by atoms with Crippen LogP contribution < -0.4 is 10.0 Å². The number of hydrogen-bond acceptors (Lipinski definition) is 5. The number of anilines is 1. The molecule has 0 aliphatic heterocycles. The van der Waals surface area contributed by atoms with Crippen LogP contribution in [0.4, 0.5) is 6.01 Å². The van der Waals surface area contributed by atoms with Gasteiger partial charge >= 0.3 is 6.01 Å². The molecule has 1 aromatic heterocycles. The van der Waals surface area contributed by atoms with Gasteiger partial charge in [-0.3, -0.25) is 0 Å². The number of nitrogens with zero attached hydrogens (tertiary/aromatic N) is 1. The van der Waals surface area contributed by atoms with Crippen molar-refractivity contribution in [3.8, 4) is 0 Å². The van der Waals surface area contributed by atoms with Crippen LogP contribution in [0.25, 0.3) is 0 Å². The molecular weight excluding hydrogens is 278 g/mol. The van der Waals surface area contributed by atoms with Crippen LogP contribution in [0.5, 0.6) is 0 Å². The van der Waals surface area contributed by atoms with E-state index in [0.717, 1.165) is 12.1 Å². The lowest BCUT2D eigenvalue weighted by atomic mass is 10.2. The first-order valence-corrected chi connectivity index (χ1v) is 7.74. The van der Waals surface area contributed by atoms with Gasteiger partial charge in [0.15, 0.2) is 0 Å². The van der Waals surface area contributed by atoms with E-state index in [-0.39, 0.29) is 10.9 Å². The van der Waals surface area contributed by atoms with Crippen LogP contribution in [0.2, 0.25) is 0 Å². The Morgan fingerprint density at radius 1 is 1.25 bits per heavy atom. The maximum Gasteiger partial charge on any atom is 0.309 e. The Kier molecular flexibility index (Phi) is 4.41. The summed E-state index contributed by atoms with van der Waals surface area (Å²) in [6.07, 6.45) is 1.39. The van der Waals surface area contributed by atoms with Gasteiger partial charge in [0.25, 0.3) is 10.0 Å². The summed E-state index contributed by atoms with van der Waals surface area (Å²) < 4.78 is 31.5. The molecule has 0 radical (unpaired) electrons. The van der Waals surface area contributed by atoms with Crippen LogP contribution in [0, 0.1) is 6.92 Å². The van der Waals surface area contributed by atoms with E-state index >= 15 is 0 Å². The van der Waals surface area contributed by atoms with Gasteiger partial charge in [-0.25, -0.2) is 13.1 Å². The SMILES string of the molecule is CCNCc1ccc(S(=O)(=O)Nc2nc(C)co2)cc1. The Balaban J connectivity index is 2.13. The zero-order chi connectivity index (χ0) is 14.6. The fraction of sp³-hybridized carbons (Fsp3) is 0.308. The molecule has 0 aliphatic carbocycles. The zero-order valence-electron chi connectivity index (χ0n) is 11.4. The van der Waals surface area contributed by atoms with Gasteiger partial charge < -0.3 is 9.73 Å². The molecule has 0 atom stereocenters. The molecule has 0 fully saturated rings. The molecule has 0 spiro atoms. The van der Waals surface area contributed by atoms with Gasteiger partial charge in [-0.05, 0) is 31.2 Å². The van der Waals surface area contributed by atoms with Crippen LogP contribution >= 0.6 is 0 Å². The average molecular weight is 295 g/mol. The maximum atomic E-state index is 12.1. The summed E-state index contributed by atoms with van der Waals surface area (Å²) in [6, 6.07) is 6.64. The summed E-state index contributed by atoms with van der Waals surface area (Å²) in [7, 11) is -3.66. The van der Waals surface area contributed by atoms with Crippen LogP contribution in [0.3, 0.4) is 0 Å². The van der Waals surface area contributed by atoms with Gasteiger partial charge in [0, 0.05) is 6.54 Å². The monoisotopic (exact) mass is 295 g/mol. The first kappa shape index (κ1) is 14.5. The lowest BCUT2D eigenvalue weighted by Crippen LogP contribution is -2.14. The van der Waals surface area contributed by atoms with Crippen molar-refractivity contribution in [3.05, 3.63) is 41.8 Å². The van der Waals surface area contributed by atoms with Crippen LogP contribution in [-0.4, -0.2) is 19.9 Å². The van der Waals surface area contributed by atoms with Crippen LogP contribution in [0.15, 0.2) is 39.8 Å². The van der Waals surface area contributed by atoms with Gasteiger partial charge in [0.1, 0.15) is 6.26 Å². The Hall–Kier alpha value is -1.86. The first-order chi connectivity index (χ1) is 9.51. The van der Waals surface area contributed by atoms with Gasteiger partial charge in [0.2, 0.25) is 0 Å². The molecule has 0 bridgehead atoms. The highest BCUT2D eigenvalue weighted by Gasteiger charge is 2.16. The number of sulfonamides is 1. The second-order valence-electron chi connectivity index (χ2n) is 4.32. The zero-order valence-corrected chi connectivity index (χ0v) is 12.2. The average Bonchev–Trinajstić information content (AvgIpc) is 2.81. The third kappa shape index (κ3) is 3.58. The summed E-state index contributed by atoms with van der Waals surface area (Å²) in [5.74, 6) is 0. The van der Waals surface area contributed by atoms with Crippen molar-refractivity contribution < 1.29 is 12.8 Å². The predicted molar refractivity (Wildman–Crippen MR) is 75.9 cm³/mol. The van der Waals surface area contributed by atoms with Gasteiger partial charge in [-0.1, -0.05) is 19.1 Å². The van der Waals surface area contributed by atoms with E-state index in [2.05, 4.69) is 15.0 Å². The predicted octanol–water partition coefficient (Wildman–Crippen LogP) is 1.89. The molecule has 7 heteroatoms. The number of oxazole rings is 1. The minimum absolute atomic E-state index is 0.0285. The molecule has 0 saturated carbocycles. The third-order valence-corrected chi connectivity index (χ3v) is 3.99. The van der Waals surface area contributed by atoms with Crippen molar-refractivity contribution in [3.63, 3.8) is 0 Å². The molecule has 0 amide bonds. The van der Waals surface area contributed by atoms with Gasteiger partial charge in [0.05, 0.1) is 10.6 Å². The summed E-state index contributed by atoms with van der Waals surface area (Å²) in [4.78, 5) is 4.09. The molecule has 0 unspecified atom stereocenters. The van der Waals surface area contributed by atoms with Gasteiger partial charge in [-0.2, -0.15) is 4.98 Å². The standard InChI is InChI=1S/C13H17N3O3S/c1-3-14-8-11-4-6-12(7-5-11)20(17,18)16-13-15-10(2)9-19-13/h4-7,9,14H,3,8H2,1-2H3,(H,15,16). The Morgan fingerprint density at radius 3 is 2.50 bits per heavy atom. The molecule has 20 heavy (non-hydrogen) atoms. The smallest absolute Gasteiger partial charge is 0.309 e. The van der Waals surface area contributed by atoms with E-state index in [1.54, 1.807) is 31.2 Å². The third-order valence-electron chi connectivity index (χ3n) is 2.65. The number of benzene rings is 1. The Bertz CT molecular complexity index is 662. The molecule has 0 saturated heterocycles. The van der Waals surface area contributed by atoms with E-state index in [1.165, 1.54) is 6.26 Å². The quantitative estimate of drug-likeness (QED) is 0.850. The van der Waals surface area contributed by atoms with E-state index in [9.17, 15) is 8.42 Å². The highest BCUT2D eigenvalue weighted by atomic mass is 32.2. The number of aryl methyl sites for hydroxylation is 1. The molecule has 2 N–H and O–H groups in total. The van der Waals surface area contributed by atoms with E-state index < -0.39 is 10.0 Å².